The third kappa shape index (κ3) is 10.9. The van der Waals surface area contributed by atoms with E-state index in [9.17, 15) is 13.2 Å². The van der Waals surface area contributed by atoms with Crippen LogP contribution in [0.2, 0.25) is 0 Å². The quantitative estimate of drug-likeness (QED) is 0.305. The van der Waals surface area contributed by atoms with Gasteiger partial charge in [-0.3, -0.25) is 4.79 Å². The van der Waals surface area contributed by atoms with E-state index in [0.717, 1.165) is 25.9 Å². The Balaban J connectivity index is 0.00000576. The van der Waals surface area contributed by atoms with E-state index in [4.69, 9.17) is 0 Å². The highest BCUT2D eigenvalue weighted by molar-refractivity contribution is 14.0. The zero-order chi connectivity index (χ0) is 18.2. The van der Waals surface area contributed by atoms with Gasteiger partial charge >= 0.3 is 0 Å². The van der Waals surface area contributed by atoms with E-state index in [2.05, 4.69) is 15.6 Å². The molecule has 1 saturated heterocycles. The third-order valence-electron chi connectivity index (χ3n) is 4.06. The van der Waals surface area contributed by atoms with E-state index in [1.165, 1.54) is 6.26 Å². The van der Waals surface area contributed by atoms with Crippen LogP contribution in [0.5, 0.6) is 0 Å². The fourth-order valence-corrected chi connectivity index (χ4v) is 3.35. The molecule has 9 heteroatoms. The molecule has 2 N–H and O–H groups in total. The highest BCUT2D eigenvalue weighted by Crippen LogP contribution is 2.19. The number of carbonyl (C=O) groups excluding carboxylic acids is 1. The zero-order valence-corrected chi connectivity index (χ0v) is 18.9. The number of carbonyl (C=O) groups is 1. The Morgan fingerprint density at radius 2 is 1.80 bits per heavy atom. The molecule has 0 aromatic rings. The van der Waals surface area contributed by atoms with E-state index >= 15 is 0 Å². The number of aliphatic imine (C=N–C) groups is 1. The molecule has 1 heterocycles. The van der Waals surface area contributed by atoms with Crippen molar-refractivity contribution in [2.45, 2.75) is 40.0 Å². The Hall–Kier alpha value is -0.580. The normalized spacial score (nSPS) is 15.7. The number of likely N-dealkylation sites (tertiary alicyclic amines) is 1. The first-order valence-corrected chi connectivity index (χ1v) is 10.7. The van der Waals surface area contributed by atoms with Gasteiger partial charge < -0.3 is 15.5 Å². The second kappa shape index (κ2) is 11.2. The first-order valence-electron chi connectivity index (χ1n) is 8.61. The first kappa shape index (κ1) is 24.4. The molecule has 1 fully saturated rings. The SMILES string of the molecule is CCNC(=NCC(=O)N1CCCC1)NCC(C)(C)CCS(C)(=O)=O.I. The van der Waals surface area contributed by atoms with Crippen LogP contribution in [0.1, 0.15) is 40.0 Å². The number of nitrogens with one attached hydrogen (secondary N) is 2. The van der Waals surface area contributed by atoms with Gasteiger partial charge in [0, 0.05) is 32.4 Å². The summed E-state index contributed by atoms with van der Waals surface area (Å²) in [4.78, 5) is 18.3. The molecule has 0 spiro atoms. The molecular weight excluding hydrogens is 455 g/mol. The van der Waals surface area contributed by atoms with E-state index in [0.29, 0.717) is 25.5 Å². The van der Waals surface area contributed by atoms with Crippen molar-refractivity contribution in [3.8, 4) is 0 Å². The van der Waals surface area contributed by atoms with Gasteiger partial charge in [-0.1, -0.05) is 13.8 Å². The van der Waals surface area contributed by atoms with E-state index in [1.54, 1.807) is 0 Å². The lowest BCUT2D eigenvalue weighted by molar-refractivity contribution is -0.128. The molecule has 1 rings (SSSR count). The van der Waals surface area contributed by atoms with Crippen LogP contribution in [-0.2, 0) is 14.6 Å². The maximum atomic E-state index is 12.1. The molecular formula is C16H33IN4O3S. The molecule has 0 aliphatic carbocycles. The summed E-state index contributed by atoms with van der Waals surface area (Å²) in [6, 6.07) is 0. The number of nitrogens with zero attached hydrogens (tertiary/aromatic N) is 2. The number of hydrogen-bond acceptors (Lipinski definition) is 4. The fraction of sp³-hybridized carbons (Fsp3) is 0.875. The molecule has 148 valence electrons. The number of sulfone groups is 1. The number of rotatable bonds is 8. The molecule has 0 unspecified atom stereocenters. The van der Waals surface area contributed by atoms with Crippen LogP contribution < -0.4 is 10.6 Å². The van der Waals surface area contributed by atoms with Crippen molar-refractivity contribution in [2.75, 3.05) is 44.7 Å². The molecule has 0 aromatic heterocycles. The van der Waals surface area contributed by atoms with E-state index in [-0.39, 0.29) is 47.6 Å². The summed E-state index contributed by atoms with van der Waals surface area (Å²) >= 11 is 0. The predicted octanol–water partition coefficient (Wildman–Crippen LogP) is 1.24. The topological polar surface area (TPSA) is 90.9 Å². The van der Waals surface area contributed by atoms with Gasteiger partial charge in [-0.05, 0) is 31.6 Å². The number of hydrogen-bond donors (Lipinski definition) is 2. The molecule has 0 radical (unpaired) electrons. The monoisotopic (exact) mass is 488 g/mol. The first-order chi connectivity index (χ1) is 11.1. The van der Waals surface area contributed by atoms with Gasteiger partial charge in [-0.25, -0.2) is 13.4 Å². The maximum Gasteiger partial charge on any atom is 0.244 e. The minimum Gasteiger partial charge on any atom is -0.357 e. The smallest absolute Gasteiger partial charge is 0.244 e. The van der Waals surface area contributed by atoms with Gasteiger partial charge in [0.05, 0.1) is 5.75 Å². The van der Waals surface area contributed by atoms with Crippen molar-refractivity contribution in [3.63, 3.8) is 0 Å². The molecule has 1 aliphatic rings. The van der Waals surface area contributed by atoms with E-state index in [1.807, 2.05) is 25.7 Å². The van der Waals surface area contributed by atoms with E-state index < -0.39 is 9.84 Å². The van der Waals surface area contributed by atoms with Gasteiger partial charge in [0.25, 0.3) is 0 Å². The summed E-state index contributed by atoms with van der Waals surface area (Å²) in [5.41, 5.74) is -0.182. The average molecular weight is 488 g/mol. The van der Waals surface area contributed by atoms with Gasteiger partial charge in [0.2, 0.25) is 5.91 Å². The van der Waals surface area contributed by atoms with Crippen LogP contribution in [0.4, 0.5) is 0 Å². The minimum atomic E-state index is -2.96. The second-order valence-corrected chi connectivity index (χ2v) is 9.44. The van der Waals surface area contributed by atoms with Crippen molar-refractivity contribution in [2.24, 2.45) is 10.4 Å². The number of amides is 1. The summed E-state index contributed by atoms with van der Waals surface area (Å²) in [5, 5.41) is 6.34. The van der Waals surface area contributed by atoms with Crippen LogP contribution >= 0.6 is 24.0 Å². The molecule has 0 bridgehead atoms. The maximum absolute atomic E-state index is 12.1. The standard InChI is InChI=1S/C16H32N4O3S.HI/c1-5-17-15(18-12-14(21)20-9-6-7-10-20)19-13-16(2,3)8-11-24(4,22)23;/h5-13H2,1-4H3,(H2,17,18,19);1H. The van der Waals surface area contributed by atoms with Crippen molar-refractivity contribution in [1.29, 1.82) is 0 Å². The lowest BCUT2D eigenvalue weighted by Gasteiger charge is -2.26. The van der Waals surface area contributed by atoms with Crippen LogP contribution in [0, 0.1) is 5.41 Å². The van der Waals surface area contributed by atoms with Crippen molar-refractivity contribution in [3.05, 3.63) is 0 Å². The second-order valence-electron chi connectivity index (χ2n) is 7.18. The van der Waals surface area contributed by atoms with Crippen LogP contribution in [0.25, 0.3) is 0 Å². The molecule has 1 amide bonds. The Kier molecular flexibility index (Phi) is 10.9. The minimum absolute atomic E-state index is 0. The van der Waals surface area contributed by atoms with Crippen molar-refractivity contribution < 1.29 is 13.2 Å². The molecule has 7 nitrogen and oxygen atoms in total. The van der Waals surface area contributed by atoms with Crippen molar-refractivity contribution in [1.82, 2.24) is 15.5 Å². The molecule has 0 aromatic carbocycles. The summed E-state index contributed by atoms with van der Waals surface area (Å²) in [6.07, 6.45) is 3.97. The lowest BCUT2D eigenvalue weighted by atomic mass is 9.90. The summed E-state index contributed by atoms with van der Waals surface area (Å²) in [5.74, 6) is 0.821. The van der Waals surface area contributed by atoms with Gasteiger partial charge in [0.15, 0.2) is 5.96 Å². The zero-order valence-electron chi connectivity index (χ0n) is 15.8. The Bertz CT molecular complexity index is 544. The summed E-state index contributed by atoms with van der Waals surface area (Å²) < 4.78 is 22.6. The van der Waals surface area contributed by atoms with Crippen molar-refractivity contribution >= 4 is 45.7 Å². The van der Waals surface area contributed by atoms with Gasteiger partial charge in [0.1, 0.15) is 16.4 Å². The predicted molar refractivity (Wildman–Crippen MR) is 113 cm³/mol. The number of guanidine groups is 1. The van der Waals surface area contributed by atoms with Crippen LogP contribution in [0.3, 0.4) is 0 Å². The van der Waals surface area contributed by atoms with Crippen LogP contribution in [-0.4, -0.2) is 69.9 Å². The molecule has 25 heavy (non-hydrogen) atoms. The Labute approximate surface area is 169 Å². The summed E-state index contributed by atoms with van der Waals surface area (Å²) in [7, 11) is -2.96. The largest absolute Gasteiger partial charge is 0.357 e. The number of halogens is 1. The summed E-state index contributed by atoms with van der Waals surface area (Å²) in [6.45, 7) is 9.09. The molecule has 0 saturated carbocycles. The molecule has 1 aliphatic heterocycles. The van der Waals surface area contributed by atoms with Gasteiger partial charge in [-0.15, -0.1) is 24.0 Å². The average Bonchev–Trinajstić information content (AvgIpc) is 3.02. The third-order valence-corrected chi connectivity index (χ3v) is 5.01. The fourth-order valence-electron chi connectivity index (χ4n) is 2.43. The highest BCUT2D eigenvalue weighted by Gasteiger charge is 2.21. The lowest BCUT2D eigenvalue weighted by Crippen LogP contribution is -2.43. The molecule has 0 atom stereocenters. The Morgan fingerprint density at radius 3 is 2.32 bits per heavy atom. The highest BCUT2D eigenvalue weighted by atomic mass is 127. The van der Waals surface area contributed by atoms with Crippen LogP contribution in [0.15, 0.2) is 4.99 Å². The van der Waals surface area contributed by atoms with Gasteiger partial charge in [-0.2, -0.15) is 0 Å². The Morgan fingerprint density at radius 1 is 1.20 bits per heavy atom.